The molecule has 1 aliphatic rings. The van der Waals surface area contributed by atoms with Gasteiger partial charge in [0, 0.05) is 6.54 Å². The van der Waals surface area contributed by atoms with E-state index in [1.54, 1.807) is 24.3 Å². The van der Waals surface area contributed by atoms with E-state index in [9.17, 15) is 9.90 Å². The summed E-state index contributed by atoms with van der Waals surface area (Å²) in [7, 11) is 0. The second kappa shape index (κ2) is 5.61. The van der Waals surface area contributed by atoms with Crippen LogP contribution in [0.2, 0.25) is 0 Å². The number of rotatable bonds is 3. The molecule has 1 aromatic carbocycles. The van der Waals surface area contributed by atoms with Crippen LogP contribution < -0.4 is 11.1 Å². The van der Waals surface area contributed by atoms with Crippen LogP contribution in [0, 0.1) is 5.92 Å². The third-order valence-electron chi connectivity index (χ3n) is 3.87. The highest BCUT2D eigenvalue weighted by molar-refractivity contribution is 5.86. The van der Waals surface area contributed by atoms with E-state index in [0.717, 1.165) is 31.2 Å². The van der Waals surface area contributed by atoms with Crippen molar-refractivity contribution in [3.63, 3.8) is 0 Å². The molecule has 1 aliphatic carbocycles. The molecular weight excluding hydrogens is 240 g/mol. The van der Waals surface area contributed by atoms with Crippen LogP contribution in [0.15, 0.2) is 24.3 Å². The number of phenolic OH excluding ortho intramolecular Hbond substituents is 1. The van der Waals surface area contributed by atoms with Crippen molar-refractivity contribution in [1.82, 2.24) is 5.32 Å². The van der Waals surface area contributed by atoms with Gasteiger partial charge in [0.15, 0.2) is 0 Å². The summed E-state index contributed by atoms with van der Waals surface area (Å²) in [4.78, 5) is 12.2. The number of carbonyl (C=O) groups excluding carboxylic acids is 1. The molecule has 4 N–H and O–H groups in total. The Morgan fingerprint density at radius 1 is 1.47 bits per heavy atom. The molecule has 19 heavy (non-hydrogen) atoms. The summed E-state index contributed by atoms with van der Waals surface area (Å²) in [6, 6.07) is 6.81. The van der Waals surface area contributed by atoms with Crippen molar-refractivity contribution < 1.29 is 9.90 Å². The first-order valence-corrected chi connectivity index (χ1v) is 6.85. The fourth-order valence-electron chi connectivity index (χ4n) is 2.77. The van der Waals surface area contributed by atoms with E-state index in [1.807, 2.05) is 0 Å². The van der Waals surface area contributed by atoms with Crippen LogP contribution in [0.5, 0.6) is 5.75 Å². The molecule has 1 saturated carbocycles. The predicted octanol–water partition coefficient (Wildman–Crippen LogP) is 1.92. The fourth-order valence-corrected chi connectivity index (χ4v) is 2.77. The molecule has 2 atom stereocenters. The van der Waals surface area contributed by atoms with Gasteiger partial charge in [0.25, 0.3) is 0 Å². The average molecular weight is 262 g/mol. The largest absolute Gasteiger partial charge is 0.508 e. The Hall–Kier alpha value is -1.55. The minimum Gasteiger partial charge on any atom is -0.508 e. The van der Waals surface area contributed by atoms with E-state index in [4.69, 9.17) is 5.73 Å². The maximum Gasteiger partial charge on any atom is 0.240 e. The molecule has 0 aromatic heterocycles. The van der Waals surface area contributed by atoms with Crippen molar-refractivity contribution in [3.05, 3.63) is 29.8 Å². The Morgan fingerprint density at radius 3 is 2.79 bits per heavy atom. The van der Waals surface area contributed by atoms with Crippen LogP contribution in [0.4, 0.5) is 0 Å². The van der Waals surface area contributed by atoms with E-state index in [0.29, 0.717) is 12.5 Å². The number of hydrogen-bond acceptors (Lipinski definition) is 3. The number of benzene rings is 1. The van der Waals surface area contributed by atoms with Crippen molar-refractivity contribution >= 4 is 5.91 Å². The molecule has 0 heterocycles. The van der Waals surface area contributed by atoms with Crippen molar-refractivity contribution in [2.45, 2.75) is 44.7 Å². The third-order valence-corrected chi connectivity index (χ3v) is 3.87. The minimum atomic E-state index is -0.714. The quantitative estimate of drug-likeness (QED) is 0.779. The highest BCUT2D eigenvalue weighted by Gasteiger charge is 2.37. The molecule has 0 spiro atoms. The van der Waals surface area contributed by atoms with Crippen LogP contribution in [-0.4, -0.2) is 16.6 Å². The molecule has 0 bridgehead atoms. The van der Waals surface area contributed by atoms with Crippen LogP contribution in [0.25, 0.3) is 0 Å². The van der Waals surface area contributed by atoms with E-state index >= 15 is 0 Å². The zero-order valence-electron chi connectivity index (χ0n) is 11.4. The lowest BCUT2D eigenvalue weighted by Gasteiger charge is -2.35. The number of nitrogens with one attached hydrogen (secondary N) is 1. The molecule has 0 aliphatic heterocycles. The summed E-state index contributed by atoms with van der Waals surface area (Å²) in [5.74, 6) is 0.678. The Bertz CT molecular complexity index is 444. The first-order chi connectivity index (χ1) is 8.99. The first-order valence-electron chi connectivity index (χ1n) is 6.85. The molecule has 104 valence electrons. The Morgan fingerprint density at radius 2 is 2.16 bits per heavy atom. The first kappa shape index (κ1) is 13.9. The molecule has 0 radical (unpaired) electrons. The zero-order valence-corrected chi connectivity index (χ0v) is 11.4. The van der Waals surface area contributed by atoms with Gasteiger partial charge in [0.05, 0.1) is 5.54 Å². The van der Waals surface area contributed by atoms with Crippen LogP contribution >= 0.6 is 0 Å². The van der Waals surface area contributed by atoms with Gasteiger partial charge in [0.1, 0.15) is 5.75 Å². The maximum absolute atomic E-state index is 12.2. The van der Waals surface area contributed by atoms with Gasteiger partial charge in [-0.25, -0.2) is 0 Å². The van der Waals surface area contributed by atoms with Gasteiger partial charge in [-0.3, -0.25) is 4.79 Å². The fraction of sp³-hybridized carbons (Fsp3) is 0.533. The minimum absolute atomic E-state index is 0.0628. The highest BCUT2D eigenvalue weighted by Crippen LogP contribution is 2.30. The monoisotopic (exact) mass is 262 g/mol. The van der Waals surface area contributed by atoms with E-state index in [-0.39, 0.29) is 11.7 Å². The zero-order chi connectivity index (χ0) is 13.9. The standard InChI is InChI=1S/C15H22N2O2/c1-11-3-2-8-15(16,9-11)14(19)17-10-12-4-6-13(18)7-5-12/h4-7,11,18H,2-3,8-10,16H2,1H3,(H,17,19). The average Bonchev–Trinajstić information content (AvgIpc) is 2.37. The highest BCUT2D eigenvalue weighted by atomic mass is 16.3. The normalized spacial score (nSPS) is 26.9. The molecule has 1 fully saturated rings. The molecule has 4 nitrogen and oxygen atoms in total. The summed E-state index contributed by atoms with van der Waals surface area (Å²) in [5, 5.41) is 12.1. The van der Waals surface area contributed by atoms with Gasteiger partial charge in [-0.2, -0.15) is 0 Å². The van der Waals surface area contributed by atoms with Gasteiger partial charge in [0.2, 0.25) is 5.91 Å². The van der Waals surface area contributed by atoms with E-state index < -0.39 is 5.54 Å². The smallest absolute Gasteiger partial charge is 0.240 e. The van der Waals surface area contributed by atoms with Crippen LogP contribution in [0.1, 0.15) is 38.2 Å². The molecule has 1 aromatic rings. The van der Waals surface area contributed by atoms with E-state index in [1.165, 1.54) is 0 Å². The molecule has 2 unspecified atom stereocenters. The number of carbonyl (C=O) groups is 1. The molecule has 4 heteroatoms. The number of aromatic hydroxyl groups is 1. The third kappa shape index (κ3) is 3.47. The number of nitrogens with two attached hydrogens (primary N) is 1. The SMILES string of the molecule is CC1CCCC(N)(C(=O)NCc2ccc(O)cc2)C1. The number of amides is 1. The van der Waals surface area contributed by atoms with Crippen molar-refractivity contribution in [2.24, 2.45) is 11.7 Å². The predicted molar refractivity (Wildman–Crippen MR) is 74.5 cm³/mol. The van der Waals surface area contributed by atoms with Crippen LogP contribution in [-0.2, 0) is 11.3 Å². The van der Waals surface area contributed by atoms with Gasteiger partial charge in [-0.1, -0.05) is 31.9 Å². The second-order valence-corrected chi connectivity index (χ2v) is 5.71. The lowest BCUT2D eigenvalue weighted by Crippen LogP contribution is -2.56. The maximum atomic E-state index is 12.2. The second-order valence-electron chi connectivity index (χ2n) is 5.71. The Balaban J connectivity index is 1.91. The van der Waals surface area contributed by atoms with Gasteiger partial charge in [-0.15, -0.1) is 0 Å². The summed E-state index contributed by atoms with van der Waals surface area (Å²) >= 11 is 0. The summed E-state index contributed by atoms with van der Waals surface area (Å²) in [6.45, 7) is 2.60. The molecule has 2 rings (SSSR count). The lowest BCUT2D eigenvalue weighted by atomic mass is 9.76. The van der Waals surface area contributed by atoms with Crippen molar-refractivity contribution in [2.75, 3.05) is 0 Å². The van der Waals surface area contributed by atoms with Gasteiger partial charge < -0.3 is 16.2 Å². The Labute approximate surface area is 114 Å². The molecular formula is C15H22N2O2. The lowest BCUT2D eigenvalue weighted by molar-refractivity contribution is -0.128. The van der Waals surface area contributed by atoms with Gasteiger partial charge >= 0.3 is 0 Å². The summed E-state index contributed by atoms with van der Waals surface area (Å²) in [5.41, 5.74) is 6.47. The van der Waals surface area contributed by atoms with E-state index in [2.05, 4.69) is 12.2 Å². The summed E-state index contributed by atoms with van der Waals surface area (Å²) < 4.78 is 0. The van der Waals surface area contributed by atoms with Crippen molar-refractivity contribution in [3.8, 4) is 5.75 Å². The van der Waals surface area contributed by atoms with Crippen molar-refractivity contribution in [1.29, 1.82) is 0 Å². The number of phenols is 1. The topological polar surface area (TPSA) is 75.4 Å². The van der Waals surface area contributed by atoms with Crippen LogP contribution in [0.3, 0.4) is 0 Å². The molecule has 1 amide bonds. The Kier molecular flexibility index (Phi) is 4.10. The molecule has 0 saturated heterocycles. The van der Waals surface area contributed by atoms with Gasteiger partial charge in [-0.05, 0) is 36.5 Å². The summed E-state index contributed by atoms with van der Waals surface area (Å²) in [6.07, 6.45) is 3.70. The number of hydrogen-bond donors (Lipinski definition) is 3.